The summed E-state index contributed by atoms with van der Waals surface area (Å²) in [5.41, 5.74) is 8.53. The second kappa shape index (κ2) is 7.25. The van der Waals surface area contributed by atoms with E-state index in [1.807, 2.05) is 24.3 Å². The van der Waals surface area contributed by atoms with Crippen molar-refractivity contribution in [2.24, 2.45) is 0 Å². The van der Waals surface area contributed by atoms with Crippen LogP contribution in [0.1, 0.15) is 0 Å². The highest BCUT2D eigenvalue weighted by Gasteiger charge is 2.19. The number of morpholine rings is 2. The molecule has 0 amide bonds. The molecule has 0 saturated carbocycles. The van der Waals surface area contributed by atoms with Crippen molar-refractivity contribution in [2.45, 2.75) is 0 Å². The summed E-state index contributed by atoms with van der Waals surface area (Å²) >= 11 is 0. The van der Waals surface area contributed by atoms with Crippen LogP contribution in [0.15, 0.2) is 30.3 Å². The van der Waals surface area contributed by atoms with Crippen molar-refractivity contribution < 1.29 is 9.47 Å². The first-order chi connectivity index (χ1) is 12.3. The molecular formula is C18H23N5O2. The van der Waals surface area contributed by atoms with E-state index in [4.69, 9.17) is 25.2 Å². The SMILES string of the molecule is Nc1ccc(-c2cc(N3CCOCC3)nc(N3CCOCC3)n2)cc1. The summed E-state index contributed by atoms with van der Waals surface area (Å²) < 4.78 is 10.9. The fourth-order valence-corrected chi connectivity index (χ4v) is 3.08. The van der Waals surface area contributed by atoms with Crippen molar-refractivity contribution in [1.82, 2.24) is 9.97 Å². The zero-order valence-electron chi connectivity index (χ0n) is 14.2. The summed E-state index contributed by atoms with van der Waals surface area (Å²) in [6.45, 7) is 6.20. The first kappa shape index (κ1) is 16.1. The second-order valence-electron chi connectivity index (χ2n) is 6.23. The van der Waals surface area contributed by atoms with E-state index in [1.165, 1.54) is 0 Å². The van der Waals surface area contributed by atoms with Crippen LogP contribution in [0, 0.1) is 0 Å². The van der Waals surface area contributed by atoms with E-state index in [2.05, 4.69) is 15.9 Å². The number of ether oxygens (including phenoxy) is 2. The number of hydrogen-bond donors (Lipinski definition) is 1. The third-order valence-corrected chi connectivity index (χ3v) is 4.54. The smallest absolute Gasteiger partial charge is 0.228 e. The highest BCUT2D eigenvalue weighted by Crippen LogP contribution is 2.26. The van der Waals surface area contributed by atoms with Crippen LogP contribution in [-0.2, 0) is 9.47 Å². The Morgan fingerprint density at radius 3 is 2.04 bits per heavy atom. The van der Waals surface area contributed by atoms with E-state index >= 15 is 0 Å². The monoisotopic (exact) mass is 341 g/mol. The quantitative estimate of drug-likeness (QED) is 0.846. The van der Waals surface area contributed by atoms with Gasteiger partial charge in [-0.1, -0.05) is 12.1 Å². The van der Waals surface area contributed by atoms with Crippen LogP contribution in [0.5, 0.6) is 0 Å². The van der Waals surface area contributed by atoms with Crippen LogP contribution in [0.25, 0.3) is 11.3 Å². The van der Waals surface area contributed by atoms with Crippen LogP contribution >= 0.6 is 0 Å². The molecule has 1 aromatic heterocycles. The van der Waals surface area contributed by atoms with Gasteiger partial charge < -0.3 is 25.0 Å². The lowest BCUT2D eigenvalue weighted by Gasteiger charge is -2.31. The van der Waals surface area contributed by atoms with Crippen molar-refractivity contribution in [1.29, 1.82) is 0 Å². The van der Waals surface area contributed by atoms with E-state index in [1.54, 1.807) is 0 Å². The number of anilines is 3. The standard InChI is InChI=1S/C18H23N5O2/c19-15-3-1-14(2-4-15)16-13-17(22-5-9-24-10-6-22)21-18(20-16)23-7-11-25-12-8-23/h1-4,13H,5-12,19H2. The number of nitrogens with zero attached hydrogens (tertiary/aromatic N) is 4. The van der Waals surface area contributed by atoms with Gasteiger partial charge in [-0.25, -0.2) is 4.98 Å². The third-order valence-electron chi connectivity index (χ3n) is 4.54. The first-order valence-electron chi connectivity index (χ1n) is 8.70. The van der Waals surface area contributed by atoms with Gasteiger partial charge in [0, 0.05) is 43.5 Å². The summed E-state index contributed by atoms with van der Waals surface area (Å²) in [6.07, 6.45) is 0. The van der Waals surface area contributed by atoms with Gasteiger partial charge in [-0.3, -0.25) is 0 Å². The molecule has 132 valence electrons. The molecule has 2 N–H and O–H groups in total. The largest absolute Gasteiger partial charge is 0.399 e. The topological polar surface area (TPSA) is 76.7 Å². The molecule has 2 fully saturated rings. The second-order valence-corrected chi connectivity index (χ2v) is 6.23. The van der Waals surface area contributed by atoms with Crippen molar-refractivity contribution in [2.75, 3.05) is 68.1 Å². The predicted octanol–water partition coefficient (Wildman–Crippen LogP) is 1.40. The van der Waals surface area contributed by atoms with Gasteiger partial charge in [0.05, 0.1) is 32.1 Å². The molecule has 2 aliphatic heterocycles. The van der Waals surface area contributed by atoms with Crippen molar-refractivity contribution >= 4 is 17.5 Å². The number of hydrogen-bond acceptors (Lipinski definition) is 7. The van der Waals surface area contributed by atoms with Gasteiger partial charge in [0.25, 0.3) is 0 Å². The minimum atomic E-state index is 0.711. The molecule has 0 spiro atoms. The lowest BCUT2D eigenvalue weighted by atomic mass is 10.1. The number of aromatic nitrogens is 2. The van der Waals surface area contributed by atoms with E-state index in [-0.39, 0.29) is 0 Å². The van der Waals surface area contributed by atoms with Gasteiger partial charge in [-0.05, 0) is 12.1 Å². The van der Waals surface area contributed by atoms with Crippen molar-refractivity contribution in [3.63, 3.8) is 0 Å². The van der Waals surface area contributed by atoms with Gasteiger partial charge >= 0.3 is 0 Å². The Labute approximate surface area is 147 Å². The Morgan fingerprint density at radius 2 is 1.40 bits per heavy atom. The minimum absolute atomic E-state index is 0.711. The van der Waals surface area contributed by atoms with Gasteiger partial charge in [-0.15, -0.1) is 0 Å². The highest BCUT2D eigenvalue weighted by atomic mass is 16.5. The van der Waals surface area contributed by atoms with Gasteiger partial charge in [0.2, 0.25) is 5.95 Å². The molecule has 3 heterocycles. The van der Waals surface area contributed by atoms with Crippen molar-refractivity contribution in [3.8, 4) is 11.3 Å². The molecule has 25 heavy (non-hydrogen) atoms. The average Bonchev–Trinajstić information content (AvgIpc) is 2.69. The molecular weight excluding hydrogens is 318 g/mol. The molecule has 2 aromatic rings. The van der Waals surface area contributed by atoms with E-state index in [9.17, 15) is 0 Å². The fraction of sp³-hybridized carbons (Fsp3) is 0.444. The summed E-state index contributed by atoms with van der Waals surface area (Å²) in [5, 5.41) is 0. The van der Waals surface area contributed by atoms with Crippen LogP contribution in [-0.4, -0.2) is 62.6 Å². The number of nitrogens with two attached hydrogens (primary N) is 1. The molecule has 7 heteroatoms. The number of rotatable bonds is 3. The summed E-state index contributed by atoms with van der Waals surface area (Å²) in [5.74, 6) is 1.71. The molecule has 2 saturated heterocycles. The van der Waals surface area contributed by atoms with Crippen LogP contribution in [0.3, 0.4) is 0 Å². The number of benzene rings is 1. The van der Waals surface area contributed by atoms with Crippen LogP contribution in [0.4, 0.5) is 17.5 Å². The zero-order chi connectivity index (χ0) is 17.1. The normalized spacial score (nSPS) is 18.4. The van der Waals surface area contributed by atoms with E-state index in [0.717, 1.165) is 68.1 Å². The lowest BCUT2D eigenvalue weighted by Crippen LogP contribution is -2.39. The first-order valence-corrected chi connectivity index (χ1v) is 8.70. The highest BCUT2D eigenvalue weighted by molar-refractivity contribution is 5.67. The summed E-state index contributed by atoms with van der Waals surface area (Å²) in [7, 11) is 0. The molecule has 0 bridgehead atoms. The average molecular weight is 341 g/mol. The molecule has 2 aliphatic rings. The molecule has 0 aliphatic carbocycles. The molecule has 1 aromatic carbocycles. The van der Waals surface area contributed by atoms with Crippen LogP contribution in [0.2, 0.25) is 0 Å². The van der Waals surface area contributed by atoms with E-state index in [0.29, 0.717) is 13.2 Å². The molecule has 0 unspecified atom stereocenters. The van der Waals surface area contributed by atoms with Gasteiger partial charge in [0.15, 0.2) is 0 Å². The summed E-state index contributed by atoms with van der Waals surface area (Å²) in [6, 6.07) is 9.87. The van der Waals surface area contributed by atoms with Crippen molar-refractivity contribution in [3.05, 3.63) is 30.3 Å². The maximum atomic E-state index is 5.82. The Bertz CT molecular complexity index is 674. The predicted molar refractivity (Wildman–Crippen MR) is 97.9 cm³/mol. The Kier molecular flexibility index (Phi) is 4.67. The maximum absolute atomic E-state index is 5.82. The Balaban J connectivity index is 1.72. The number of nitrogen functional groups attached to an aromatic ring is 1. The third kappa shape index (κ3) is 3.67. The molecule has 0 radical (unpaired) electrons. The van der Waals surface area contributed by atoms with Gasteiger partial charge in [0.1, 0.15) is 5.82 Å². The molecule has 4 rings (SSSR count). The maximum Gasteiger partial charge on any atom is 0.228 e. The van der Waals surface area contributed by atoms with Crippen LogP contribution < -0.4 is 15.5 Å². The van der Waals surface area contributed by atoms with E-state index < -0.39 is 0 Å². The lowest BCUT2D eigenvalue weighted by molar-refractivity contribution is 0.121. The fourth-order valence-electron chi connectivity index (χ4n) is 3.08. The summed E-state index contributed by atoms with van der Waals surface area (Å²) in [4.78, 5) is 14.1. The minimum Gasteiger partial charge on any atom is -0.399 e. The molecule has 0 atom stereocenters. The zero-order valence-corrected chi connectivity index (χ0v) is 14.2. The Morgan fingerprint density at radius 1 is 0.800 bits per heavy atom. The molecule has 7 nitrogen and oxygen atoms in total. The van der Waals surface area contributed by atoms with Gasteiger partial charge in [-0.2, -0.15) is 4.98 Å². The Hall–Kier alpha value is -2.38.